The lowest BCUT2D eigenvalue weighted by atomic mass is 10.1. The second-order valence-electron chi connectivity index (χ2n) is 4.49. The first-order valence-electron chi connectivity index (χ1n) is 6.48. The predicted molar refractivity (Wildman–Crippen MR) is 80.0 cm³/mol. The molecule has 2 aromatic carbocycles. The van der Waals surface area contributed by atoms with Crippen LogP contribution in [0.3, 0.4) is 0 Å². The number of primary amides is 1. The third-order valence-electron chi connectivity index (χ3n) is 2.91. The molecule has 2 aromatic rings. The number of carbonyl (C=O) groups excluding carboxylic acids is 1. The molecule has 4 nitrogen and oxygen atoms in total. The average molecular weight is 296 g/mol. The first kappa shape index (κ1) is 15.3. The summed E-state index contributed by atoms with van der Waals surface area (Å²) in [6, 6.07) is 14.8. The summed E-state index contributed by atoms with van der Waals surface area (Å²) < 4.78 is 19.0. The van der Waals surface area contributed by atoms with Crippen molar-refractivity contribution in [3.8, 4) is 11.8 Å². The van der Waals surface area contributed by atoms with Gasteiger partial charge < -0.3 is 10.5 Å². The van der Waals surface area contributed by atoms with Crippen LogP contribution in [-0.2, 0) is 11.4 Å². The third kappa shape index (κ3) is 3.93. The Hall–Kier alpha value is -3.13. The lowest BCUT2D eigenvalue weighted by Gasteiger charge is -2.07. The highest BCUT2D eigenvalue weighted by Crippen LogP contribution is 2.18. The van der Waals surface area contributed by atoms with Gasteiger partial charge in [-0.05, 0) is 29.8 Å². The number of amides is 1. The Morgan fingerprint density at radius 1 is 1.27 bits per heavy atom. The summed E-state index contributed by atoms with van der Waals surface area (Å²) in [5.74, 6) is -0.627. The summed E-state index contributed by atoms with van der Waals surface area (Å²) >= 11 is 0. The first-order chi connectivity index (χ1) is 10.6. The van der Waals surface area contributed by atoms with Crippen LogP contribution in [0.2, 0.25) is 0 Å². The van der Waals surface area contributed by atoms with E-state index in [4.69, 9.17) is 15.7 Å². The van der Waals surface area contributed by atoms with Crippen molar-refractivity contribution in [3.63, 3.8) is 0 Å². The van der Waals surface area contributed by atoms with Crippen molar-refractivity contribution in [1.82, 2.24) is 0 Å². The van der Waals surface area contributed by atoms with Crippen LogP contribution in [0.4, 0.5) is 4.39 Å². The zero-order chi connectivity index (χ0) is 15.9. The number of carbonyl (C=O) groups is 1. The molecule has 0 aliphatic heterocycles. The highest BCUT2D eigenvalue weighted by Gasteiger charge is 2.05. The number of nitriles is 1. The van der Waals surface area contributed by atoms with E-state index >= 15 is 0 Å². The number of ether oxygens (including phenoxy) is 1. The van der Waals surface area contributed by atoms with Crippen molar-refractivity contribution in [1.29, 1.82) is 5.26 Å². The number of hydrogen-bond donors (Lipinski definition) is 1. The molecule has 0 unspecified atom stereocenters. The fourth-order valence-electron chi connectivity index (χ4n) is 1.80. The van der Waals surface area contributed by atoms with E-state index in [0.717, 1.165) is 0 Å². The van der Waals surface area contributed by atoms with Crippen LogP contribution >= 0.6 is 0 Å². The van der Waals surface area contributed by atoms with Crippen molar-refractivity contribution < 1.29 is 13.9 Å². The maximum atomic E-state index is 13.5. The Morgan fingerprint density at radius 3 is 2.73 bits per heavy atom. The number of hydrogen-bond acceptors (Lipinski definition) is 3. The first-order valence-corrected chi connectivity index (χ1v) is 6.48. The topological polar surface area (TPSA) is 76.1 Å². The lowest BCUT2D eigenvalue weighted by molar-refractivity contribution is -0.114. The van der Waals surface area contributed by atoms with Gasteiger partial charge in [-0.2, -0.15) is 5.26 Å². The molecular weight excluding hydrogens is 283 g/mol. The van der Waals surface area contributed by atoms with Crippen LogP contribution in [0.15, 0.2) is 54.1 Å². The monoisotopic (exact) mass is 296 g/mol. The minimum Gasteiger partial charge on any atom is -0.489 e. The van der Waals surface area contributed by atoms with Crippen molar-refractivity contribution in [2.24, 2.45) is 5.73 Å². The van der Waals surface area contributed by atoms with Crippen LogP contribution in [0.25, 0.3) is 6.08 Å². The fraction of sp³-hybridized carbons (Fsp3) is 0.0588. The highest BCUT2D eigenvalue weighted by atomic mass is 19.1. The molecule has 0 fully saturated rings. The molecule has 0 saturated carbocycles. The Balaban J connectivity index is 2.14. The van der Waals surface area contributed by atoms with Gasteiger partial charge in [-0.25, -0.2) is 4.39 Å². The van der Waals surface area contributed by atoms with Crippen LogP contribution < -0.4 is 10.5 Å². The number of nitrogens with zero attached hydrogens (tertiary/aromatic N) is 1. The molecule has 0 aromatic heterocycles. The van der Waals surface area contributed by atoms with E-state index in [2.05, 4.69) is 0 Å². The summed E-state index contributed by atoms with van der Waals surface area (Å²) in [4.78, 5) is 11.0. The van der Waals surface area contributed by atoms with Gasteiger partial charge >= 0.3 is 0 Å². The van der Waals surface area contributed by atoms with Gasteiger partial charge in [0.05, 0.1) is 0 Å². The number of nitrogens with two attached hydrogens (primary N) is 1. The van der Waals surface area contributed by atoms with E-state index in [0.29, 0.717) is 16.9 Å². The van der Waals surface area contributed by atoms with Crippen molar-refractivity contribution >= 4 is 12.0 Å². The minimum atomic E-state index is -0.792. The summed E-state index contributed by atoms with van der Waals surface area (Å²) in [5.41, 5.74) is 5.98. The smallest absolute Gasteiger partial charge is 0.259 e. The van der Waals surface area contributed by atoms with Crippen LogP contribution in [-0.4, -0.2) is 5.91 Å². The van der Waals surface area contributed by atoms with Gasteiger partial charge in [0, 0.05) is 5.56 Å². The van der Waals surface area contributed by atoms with E-state index in [1.165, 1.54) is 12.1 Å². The molecule has 110 valence electrons. The Labute approximate surface area is 127 Å². The molecule has 0 aliphatic rings. The molecular formula is C17H13FN2O2. The highest BCUT2D eigenvalue weighted by molar-refractivity contribution is 6.00. The van der Waals surface area contributed by atoms with Gasteiger partial charge in [0.25, 0.3) is 5.91 Å². The van der Waals surface area contributed by atoms with Gasteiger partial charge in [-0.3, -0.25) is 4.79 Å². The van der Waals surface area contributed by atoms with Gasteiger partial charge in [-0.15, -0.1) is 0 Å². The van der Waals surface area contributed by atoms with Crippen LogP contribution in [0.1, 0.15) is 11.1 Å². The molecule has 0 saturated heterocycles. The van der Waals surface area contributed by atoms with Gasteiger partial charge in [-0.1, -0.05) is 30.3 Å². The molecule has 0 atom stereocenters. The standard InChI is InChI=1S/C17H13FN2O2/c18-16-7-2-1-5-13(16)11-22-15-6-3-4-12(9-15)8-14(10-19)17(20)21/h1-9H,11H2,(H2,20,21)/b14-8-. The molecule has 0 aliphatic carbocycles. The zero-order valence-electron chi connectivity index (χ0n) is 11.6. The number of halogens is 1. The normalized spacial score (nSPS) is 10.8. The fourth-order valence-corrected chi connectivity index (χ4v) is 1.80. The Morgan fingerprint density at radius 2 is 2.05 bits per heavy atom. The maximum Gasteiger partial charge on any atom is 0.259 e. The van der Waals surface area contributed by atoms with E-state index < -0.39 is 5.91 Å². The van der Waals surface area contributed by atoms with Crippen LogP contribution in [0, 0.1) is 17.1 Å². The quantitative estimate of drug-likeness (QED) is 0.681. The Bertz CT molecular complexity index is 763. The second-order valence-corrected chi connectivity index (χ2v) is 4.49. The molecule has 2 rings (SSSR count). The number of benzene rings is 2. The average Bonchev–Trinajstić information content (AvgIpc) is 2.52. The van der Waals surface area contributed by atoms with Crippen molar-refractivity contribution in [2.45, 2.75) is 6.61 Å². The molecule has 0 spiro atoms. The maximum absolute atomic E-state index is 13.5. The lowest BCUT2D eigenvalue weighted by Crippen LogP contribution is -2.12. The SMILES string of the molecule is N#C/C(=C/c1cccc(OCc2ccccc2F)c1)C(N)=O. The van der Waals surface area contributed by atoms with Crippen LogP contribution in [0.5, 0.6) is 5.75 Å². The van der Waals surface area contributed by atoms with Crippen molar-refractivity contribution in [2.75, 3.05) is 0 Å². The van der Waals surface area contributed by atoms with Gasteiger partial charge in [0.1, 0.15) is 29.8 Å². The summed E-state index contributed by atoms with van der Waals surface area (Å²) in [6.07, 6.45) is 1.37. The molecule has 22 heavy (non-hydrogen) atoms. The summed E-state index contributed by atoms with van der Waals surface area (Å²) in [7, 11) is 0. The predicted octanol–water partition coefficient (Wildman–Crippen LogP) is 2.80. The summed E-state index contributed by atoms with van der Waals surface area (Å²) in [6.45, 7) is 0.0841. The van der Waals surface area contributed by atoms with E-state index in [9.17, 15) is 9.18 Å². The molecule has 0 heterocycles. The largest absolute Gasteiger partial charge is 0.489 e. The summed E-state index contributed by atoms with van der Waals surface area (Å²) in [5, 5.41) is 8.82. The van der Waals surface area contributed by atoms with Gasteiger partial charge in [0.15, 0.2) is 0 Å². The molecule has 1 amide bonds. The van der Waals surface area contributed by atoms with E-state index in [-0.39, 0.29) is 18.0 Å². The Kier molecular flexibility index (Phi) is 4.89. The second kappa shape index (κ2) is 7.04. The zero-order valence-corrected chi connectivity index (χ0v) is 11.6. The number of rotatable bonds is 5. The van der Waals surface area contributed by atoms with Crippen molar-refractivity contribution in [3.05, 3.63) is 71.0 Å². The van der Waals surface area contributed by atoms with E-state index in [1.54, 1.807) is 48.5 Å². The molecule has 5 heteroatoms. The molecule has 0 bridgehead atoms. The third-order valence-corrected chi connectivity index (χ3v) is 2.91. The molecule has 0 radical (unpaired) electrons. The van der Waals surface area contributed by atoms with E-state index in [1.807, 2.05) is 0 Å². The van der Waals surface area contributed by atoms with Gasteiger partial charge in [0.2, 0.25) is 0 Å². The molecule has 2 N–H and O–H groups in total. The minimum absolute atomic E-state index is 0.0841.